The second kappa shape index (κ2) is 12.6. The maximum atomic E-state index is 5.00. The van der Waals surface area contributed by atoms with Crippen molar-refractivity contribution in [3.8, 4) is 0 Å². The number of rotatable bonds is 2. The van der Waals surface area contributed by atoms with Gasteiger partial charge < -0.3 is 0 Å². The fourth-order valence-corrected chi connectivity index (χ4v) is 1.88. The van der Waals surface area contributed by atoms with Gasteiger partial charge in [0.1, 0.15) is 0 Å². The molecule has 2 aromatic carbocycles. The Morgan fingerprint density at radius 2 is 1.00 bits per heavy atom. The molecule has 0 saturated carbocycles. The molecule has 0 bridgehead atoms. The van der Waals surface area contributed by atoms with Gasteiger partial charge in [-0.15, -0.1) is 0 Å². The van der Waals surface area contributed by atoms with Crippen molar-refractivity contribution in [3.63, 3.8) is 0 Å². The van der Waals surface area contributed by atoms with Crippen molar-refractivity contribution in [2.24, 2.45) is 0 Å². The second-order valence-electron chi connectivity index (χ2n) is 6.26. The van der Waals surface area contributed by atoms with Gasteiger partial charge in [0.05, 0.1) is 0 Å². The molecule has 2 aromatic rings. The third kappa shape index (κ3) is 15.0. The van der Waals surface area contributed by atoms with E-state index in [4.69, 9.17) is 38.8 Å². The summed E-state index contributed by atoms with van der Waals surface area (Å²) in [6, 6.07) is 18.9. The molecule has 0 heterocycles. The summed E-state index contributed by atoms with van der Waals surface area (Å²) < 4.78 is 0. The molecule has 0 atom stereocenters. The van der Waals surface area contributed by atoms with Gasteiger partial charge in [0, 0.05) is 0 Å². The van der Waals surface area contributed by atoms with Gasteiger partial charge in [0.15, 0.2) is 0 Å². The maximum absolute atomic E-state index is 5.00. The first-order valence-corrected chi connectivity index (χ1v) is 16.8. The molecule has 0 aromatic heterocycles. The molecular weight excluding hydrogens is 483 g/mol. The van der Waals surface area contributed by atoms with Gasteiger partial charge >= 0.3 is 49.6 Å². The molecule has 0 aliphatic rings. The van der Waals surface area contributed by atoms with E-state index in [1.165, 1.54) is 22.3 Å². The quantitative estimate of drug-likeness (QED) is 0.281. The van der Waals surface area contributed by atoms with E-state index in [1.807, 2.05) is 12.1 Å². The van der Waals surface area contributed by atoms with Crippen LogP contribution in [0.5, 0.6) is 0 Å². The third-order valence-corrected chi connectivity index (χ3v) is 3.20. The van der Waals surface area contributed by atoms with Gasteiger partial charge in [-0.2, -0.15) is 70.8 Å². The molecule has 0 saturated heterocycles. The fraction of sp³-hybridized carbons (Fsp3) is 0.400. The Balaban J connectivity index is 0.000000368. The van der Waals surface area contributed by atoms with Gasteiger partial charge in [-0.05, 0) is 11.8 Å². The number of halogens is 4. The van der Waals surface area contributed by atoms with Crippen LogP contribution < -0.4 is 0 Å². The Morgan fingerprint density at radius 1 is 0.720 bits per heavy atom. The molecule has 0 spiro atoms. The Morgan fingerprint density at radius 3 is 1.16 bits per heavy atom. The van der Waals surface area contributed by atoms with Crippen LogP contribution in [0.25, 0.3) is 0 Å². The summed E-state index contributed by atoms with van der Waals surface area (Å²) in [7, 11) is 17.0. The molecule has 0 nitrogen and oxygen atoms in total. The van der Waals surface area contributed by atoms with Gasteiger partial charge in [-0.25, -0.2) is 0 Å². The predicted molar refractivity (Wildman–Crippen MR) is 112 cm³/mol. The standard InChI is InChI=1S/2C10H13.4ClH.Ru/c2*1-8(2)10-6-4-5-9(3)7-10;;;;;/h2*4-5,7-8H,1-3H3;4*1H;/q2*-1;;;;;+4/p-4. The van der Waals surface area contributed by atoms with E-state index < -0.39 is 10.8 Å². The zero-order valence-electron chi connectivity index (χ0n) is 15.5. The van der Waals surface area contributed by atoms with Gasteiger partial charge in [-0.3, -0.25) is 0 Å². The summed E-state index contributed by atoms with van der Waals surface area (Å²) in [5, 5.41) is 0. The Bertz CT molecular complexity index is 564. The summed E-state index contributed by atoms with van der Waals surface area (Å²) in [5.74, 6) is 1.19. The normalized spacial score (nSPS) is 11.4. The van der Waals surface area contributed by atoms with Crippen molar-refractivity contribution in [2.75, 3.05) is 0 Å². The zero-order chi connectivity index (χ0) is 19.6. The first-order valence-electron chi connectivity index (χ1n) is 7.90. The van der Waals surface area contributed by atoms with Crippen LogP contribution in [0.15, 0.2) is 36.4 Å². The van der Waals surface area contributed by atoms with E-state index in [9.17, 15) is 0 Å². The Hall–Kier alpha value is 0.223. The fourth-order valence-electron chi connectivity index (χ4n) is 1.88. The monoisotopic (exact) mass is 508 g/mol. The van der Waals surface area contributed by atoms with Gasteiger partial charge in [-0.1, -0.05) is 41.5 Å². The number of hydrogen-bond acceptors (Lipinski definition) is 0. The molecule has 0 aliphatic carbocycles. The molecule has 0 amide bonds. The first-order chi connectivity index (χ1) is 11.4. The molecule has 5 heteroatoms. The van der Waals surface area contributed by atoms with Crippen molar-refractivity contribution in [1.29, 1.82) is 0 Å². The SMILES string of the molecule is Cc1cc[c-]c(C(C)C)c1.Cc1cc[c-]c(C(C)C)c1.[Cl][Ru]([Cl])([Cl])[Cl]. The number of hydrogen-bond donors (Lipinski definition) is 0. The molecule has 2 rings (SSSR count). The number of benzene rings is 2. The number of aryl methyl sites for hydroxylation is 2. The van der Waals surface area contributed by atoms with Crippen molar-refractivity contribution in [3.05, 3.63) is 70.8 Å². The minimum absolute atomic E-state index is 0.597. The van der Waals surface area contributed by atoms with Crippen molar-refractivity contribution >= 4 is 38.8 Å². The topological polar surface area (TPSA) is 0 Å². The van der Waals surface area contributed by atoms with Crippen LogP contribution in [0.2, 0.25) is 0 Å². The molecule has 144 valence electrons. The molecule has 0 radical (unpaired) electrons. The summed E-state index contributed by atoms with van der Waals surface area (Å²) in [6.07, 6.45) is 0. The molecule has 0 N–H and O–H groups in total. The van der Waals surface area contributed by atoms with E-state index in [2.05, 4.69) is 77.9 Å². The van der Waals surface area contributed by atoms with Crippen LogP contribution in [-0.4, -0.2) is 0 Å². The second-order valence-corrected chi connectivity index (χ2v) is 22.1. The minimum atomic E-state index is -2.97. The average Bonchev–Trinajstić information content (AvgIpc) is 2.46. The molecule has 0 unspecified atom stereocenters. The predicted octanol–water partition coefficient (Wildman–Crippen LogP) is 8.59. The van der Waals surface area contributed by atoms with Crippen molar-refractivity contribution in [2.45, 2.75) is 53.4 Å². The van der Waals surface area contributed by atoms with Crippen LogP contribution in [-0.2, 0) is 10.8 Å². The zero-order valence-corrected chi connectivity index (χ0v) is 20.2. The summed E-state index contributed by atoms with van der Waals surface area (Å²) in [6.45, 7) is 13.0. The van der Waals surface area contributed by atoms with Crippen LogP contribution in [0, 0.1) is 26.0 Å². The average molecular weight is 509 g/mol. The summed E-state index contributed by atoms with van der Waals surface area (Å²) >= 11 is 0. The van der Waals surface area contributed by atoms with E-state index >= 15 is 0 Å². The summed E-state index contributed by atoms with van der Waals surface area (Å²) in [4.78, 5) is 0. The molecule has 0 fully saturated rings. The molecular formula is C20H26Cl4Ru-2. The Kier molecular flexibility index (Phi) is 12.7. The van der Waals surface area contributed by atoms with Gasteiger partial charge in [0.25, 0.3) is 0 Å². The van der Waals surface area contributed by atoms with Crippen molar-refractivity contribution < 1.29 is 10.8 Å². The van der Waals surface area contributed by atoms with Crippen LogP contribution >= 0.6 is 38.8 Å². The van der Waals surface area contributed by atoms with Crippen LogP contribution in [0.3, 0.4) is 0 Å². The molecule has 0 aliphatic heterocycles. The Labute approximate surface area is 172 Å². The first kappa shape index (κ1) is 25.2. The van der Waals surface area contributed by atoms with E-state index in [0.29, 0.717) is 11.8 Å². The summed E-state index contributed by atoms with van der Waals surface area (Å²) in [5.41, 5.74) is 5.25. The van der Waals surface area contributed by atoms with E-state index in [1.54, 1.807) is 0 Å². The molecule has 25 heavy (non-hydrogen) atoms. The van der Waals surface area contributed by atoms with E-state index in [-0.39, 0.29) is 0 Å². The van der Waals surface area contributed by atoms with Crippen molar-refractivity contribution in [1.82, 2.24) is 0 Å². The van der Waals surface area contributed by atoms with Crippen LogP contribution in [0.1, 0.15) is 61.8 Å². The van der Waals surface area contributed by atoms with Gasteiger partial charge in [0.2, 0.25) is 0 Å². The van der Waals surface area contributed by atoms with Crippen LogP contribution in [0.4, 0.5) is 0 Å². The third-order valence-electron chi connectivity index (χ3n) is 3.20. The van der Waals surface area contributed by atoms with E-state index in [0.717, 1.165) is 0 Å².